The van der Waals surface area contributed by atoms with Crippen molar-refractivity contribution in [1.82, 2.24) is 9.97 Å². The van der Waals surface area contributed by atoms with Crippen molar-refractivity contribution < 1.29 is 0 Å². The second-order valence-corrected chi connectivity index (χ2v) is 7.55. The molecule has 118 valence electrons. The molecule has 1 aliphatic heterocycles. The minimum atomic E-state index is 0.346. The molecule has 0 amide bonds. The Morgan fingerprint density at radius 1 is 1.38 bits per heavy atom. The van der Waals surface area contributed by atoms with Gasteiger partial charge in [0.05, 0.1) is 0 Å². The highest BCUT2D eigenvalue weighted by molar-refractivity contribution is 8.00. The minimum Gasteiger partial charge on any atom is -0.370 e. The van der Waals surface area contributed by atoms with Gasteiger partial charge in [-0.3, -0.25) is 0 Å². The first kappa shape index (κ1) is 16.4. The van der Waals surface area contributed by atoms with Gasteiger partial charge in [0.1, 0.15) is 17.5 Å². The Hall–Kier alpha value is -0.970. The smallest absolute Gasteiger partial charge is 0.135 e. The van der Waals surface area contributed by atoms with Crippen molar-refractivity contribution in [1.29, 1.82) is 0 Å². The molecular weight excluding hydrogens is 280 g/mol. The Balaban J connectivity index is 2.30. The summed E-state index contributed by atoms with van der Waals surface area (Å²) in [5.74, 6) is 4.49. The molecule has 5 heteroatoms. The number of thioether (sulfide) groups is 1. The van der Waals surface area contributed by atoms with Gasteiger partial charge in [0, 0.05) is 42.1 Å². The van der Waals surface area contributed by atoms with Crippen LogP contribution in [0.1, 0.15) is 52.8 Å². The van der Waals surface area contributed by atoms with E-state index >= 15 is 0 Å². The SMILES string of the molecule is CCCNc1cc(N2CCSC(C)C2C)nc(C(C)C)n1. The Morgan fingerprint density at radius 2 is 2.14 bits per heavy atom. The van der Waals surface area contributed by atoms with Crippen LogP contribution in [0, 0.1) is 0 Å². The van der Waals surface area contributed by atoms with Gasteiger partial charge in [-0.1, -0.05) is 27.7 Å². The van der Waals surface area contributed by atoms with Crippen LogP contribution in [0.5, 0.6) is 0 Å². The molecule has 0 bridgehead atoms. The molecule has 1 N–H and O–H groups in total. The van der Waals surface area contributed by atoms with Crippen molar-refractivity contribution in [3.05, 3.63) is 11.9 Å². The van der Waals surface area contributed by atoms with E-state index in [1.807, 2.05) is 0 Å². The molecule has 1 saturated heterocycles. The second kappa shape index (κ2) is 7.34. The third-order valence-corrected chi connectivity index (χ3v) is 5.32. The van der Waals surface area contributed by atoms with E-state index in [2.05, 4.69) is 67.6 Å². The van der Waals surface area contributed by atoms with E-state index < -0.39 is 0 Å². The van der Waals surface area contributed by atoms with Gasteiger partial charge in [0.15, 0.2) is 0 Å². The standard InChI is InChI=1S/C16H28N4S/c1-6-7-17-14-10-15(19-16(18-14)11(2)3)20-8-9-21-13(5)12(20)4/h10-13H,6-9H2,1-5H3,(H,17,18,19). The summed E-state index contributed by atoms with van der Waals surface area (Å²) in [6.07, 6.45) is 1.10. The lowest BCUT2D eigenvalue weighted by atomic mass is 10.2. The maximum atomic E-state index is 4.82. The van der Waals surface area contributed by atoms with Crippen molar-refractivity contribution in [3.63, 3.8) is 0 Å². The zero-order valence-electron chi connectivity index (χ0n) is 13.9. The number of nitrogens with one attached hydrogen (secondary N) is 1. The van der Waals surface area contributed by atoms with E-state index in [0.29, 0.717) is 17.2 Å². The van der Waals surface area contributed by atoms with E-state index in [4.69, 9.17) is 4.98 Å². The van der Waals surface area contributed by atoms with E-state index in [0.717, 1.165) is 37.0 Å². The summed E-state index contributed by atoms with van der Waals surface area (Å²) < 4.78 is 0. The summed E-state index contributed by atoms with van der Waals surface area (Å²) in [6, 6.07) is 2.62. The summed E-state index contributed by atoms with van der Waals surface area (Å²) in [5, 5.41) is 4.05. The first-order valence-electron chi connectivity index (χ1n) is 8.04. The molecule has 2 rings (SSSR count). The highest BCUT2D eigenvalue weighted by atomic mass is 32.2. The lowest BCUT2D eigenvalue weighted by Gasteiger charge is -2.38. The topological polar surface area (TPSA) is 41.0 Å². The van der Waals surface area contributed by atoms with E-state index in [-0.39, 0.29) is 0 Å². The molecule has 1 aromatic heterocycles. The lowest BCUT2D eigenvalue weighted by molar-refractivity contribution is 0.615. The number of hydrogen-bond donors (Lipinski definition) is 1. The van der Waals surface area contributed by atoms with Gasteiger partial charge >= 0.3 is 0 Å². The van der Waals surface area contributed by atoms with Crippen LogP contribution in [0.15, 0.2) is 6.07 Å². The first-order chi connectivity index (χ1) is 10.0. The van der Waals surface area contributed by atoms with Crippen LogP contribution in [0.3, 0.4) is 0 Å². The predicted molar refractivity (Wildman–Crippen MR) is 93.6 cm³/mol. The summed E-state index contributed by atoms with van der Waals surface area (Å²) >= 11 is 2.05. The van der Waals surface area contributed by atoms with Crippen LogP contribution in [-0.2, 0) is 0 Å². The molecule has 1 aromatic rings. The predicted octanol–water partition coefficient (Wildman–Crippen LogP) is 3.75. The third kappa shape index (κ3) is 4.02. The monoisotopic (exact) mass is 308 g/mol. The van der Waals surface area contributed by atoms with Gasteiger partial charge in [-0.25, -0.2) is 9.97 Å². The Bertz CT molecular complexity index is 464. The second-order valence-electron chi connectivity index (χ2n) is 6.06. The molecule has 2 heterocycles. The molecule has 1 aliphatic rings. The zero-order chi connectivity index (χ0) is 15.4. The fraction of sp³-hybridized carbons (Fsp3) is 0.750. The fourth-order valence-corrected chi connectivity index (χ4v) is 3.56. The third-order valence-electron chi connectivity index (χ3n) is 3.98. The van der Waals surface area contributed by atoms with Crippen LogP contribution in [0.2, 0.25) is 0 Å². The number of nitrogens with zero attached hydrogens (tertiary/aromatic N) is 3. The van der Waals surface area contributed by atoms with Crippen molar-refractivity contribution in [2.45, 2.75) is 58.2 Å². The molecule has 4 nitrogen and oxygen atoms in total. The van der Waals surface area contributed by atoms with Gasteiger partial charge in [0.25, 0.3) is 0 Å². The molecule has 1 fully saturated rings. The summed E-state index contributed by atoms with van der Waals surface area (Å²) in [5.41, 5.74) is 0. The molecule has 21 heavy (non-hydrogen) atoms. The van der Waals surface area contributed by atoms with E-state index in [1.165, 1.54) is 5.75 Å². The molecule has 0 spiro atoms. The Labute approximate surface area is 133 Å². The maximum absolute atomic E-state index is 4.82. The molecule has 0 aliphatic carbocycles. The largest absolute Gasteiger partial charge is 0.370 e. The highest BCUT2D eigenvalue weighted by Gasteiger charge is 2.27. The highest BCUT2D eigenvalue weighted by Crippen LogP contribution is 2.29. The van der Waals surface area contributed by atoms with Crippen molar-refractivity contribution >= 4 is 23.4 Å². The normalized spacial score (nSPS) is 22.7. The maximum Gasteiger partial charge on any atom is 0.135 e. The number of anilines is 2. The van der Waals surface area contributed by atoms with Gasteiger partial charge < -0.3 is 10.2 Å². The van der Waals surface area contributed by atoms with Crippen molar-refractivity contribution in [2.75, 3.05) is 29.1 Å². The summed E-state index contributed by atoms with van der Waals surface area (Å²) in [6.45, 7) is 13.1. The van der Waals surface area contributed by atoms with E-state index in [9.17, 15) is 0 Å². The van der Waals surface area contributed by atoms with Crippen LogP contribution < -0.4 is 10.2 Å². The quantitative estimate of drug-likeness (QED) is 0.897. The van der Waals surface area contributed by atoms with Gasteiger partial charge in [-0.05, 0) is 13.3 Å². The van der Waals surface area contributed by atoms with Gasteiger partial charge in [-0.2, -0.15) is 11.8 Å². The number of hydrogen-bond acceptors (Lipinski definition) is 5. The lowest BCUT2D eigenvalue weighted by Crippen LogP contribution is -2.45. The van der Waals surface area contributed by atoms with Crippen molar-refractivity contribution in [2.24, 2.45) is 0 Å². The Kier molecular flexibility index (Phi) is 5.73. The van der Waals surface area contributed by atoms with Gasteiger partial charge in [0.2, 0.25) is 0 Å². The summed E-state index contributed by atoms with van der Waals surface area (Å²) in [4.78, 5) is 11.9. The number of rotatable bonds is 5. The molecule has 0 saturated carbocycles. The van der Waals surface area contributed by atoms with Crippen LogP contribution in [0.25, 0.3) is 0 Å². The molecule has 0 aromatic carbocycles. The average Bonchev–Trinajstić information content (AvgIpc) is 2.47. The molecule has 2 atom stereocenters. The van der Waals surface area contributed by atoms with Gasteiger partial charge in [-0.15, -0.1) is 0 Å². The average molecular weight is 308 g/mol. The van der Waals surface area contributed by atoms with Crippen LogP contribution in [-0.4, -0.2) is 40.1 Å². The van der Waals surface area contributed by atoms with Crippen LogP contribution in [0.4, 0.5) is 11.6 Å². The van der Waals surface area contributed by atoms with Crippen LogP contribution >= 0.6 is 11.8 Å². The first-order valence-corrected chi connectivity index (χ1v) is 9.09. The van der Waals surface area contributed by atoms with E-state index in [1.54, 1.807) is 0 Å². The number of aromatic nitrogens is 2. The van der Waals surface area contributed by atoms with Crippen molar-refractivity contribution in [3.8, 4) is 0 Å². The zero-order valence-corrected chi connectivity index (χ0v) is 14.7. The summed E-state index contributed by atoms with van der Waals surface area (Å²) in [7, 11) is 0. The molecule has 2 unspecified atom stereocenters. The molecule has 0 radical (unpaired) electrons. The molecular formula is C16H28N4S. The fourth-order valence-electron chi connectivity index (χ4n) is 2.46. The minimum absolute atomic E-state index is 0.346. The Morgan fingerprint density at radius 3 is 2.81 bits per heavy atom.